The van der Waals surface area contributed by atoms with Crippen molar-refractivity contribution in [1.82, 2.24) is 0 Å². The molecule has 0 aromatic rings. The van der Waals surface area contributed by atoms with Crippen molar-refractivity contribution in [2.24, 2.45) is 0 Å². The van der Waals surface area contributed by atoms with Crippen molar-refractivity contribution in [1.29, 1.82) is 0 Å². The van der Waals surface area contributed by atoms with E-state index < -0.39 is 0 Å². The van der Waals surface area contributed by atoms with E-state index in [9.17, 15) is 19.2 Å². The molecular formula is C13H22O8. The molecule has 0 saturated carbocycles. The van der Waals surface area contributed by atoms with E-state index >= 15 is 0 Å². The molecule has 0 rings (SSSR count). The summed E-state index contributed by atoms with van der Waals surface area (Å²) in [6.07, 6.45) is 0.555. The third kappa shape index (κ3) is 27.2. The molecule has 21 heavy (non-hydrogen) atoms. The van der Waals surface area contributed by atoms with E-state index in [1.807, 2.05) is 0 Å². The highest BCUT2D eigenvalue weighted by Crippen LogP contribution is 1.86. The molecule has 0 spiro atoms. The minimum absolute atomic E-state index is 0.134. The summed E-state index contributed by atoms with van der Waals surface area (Å²) in [5, 5.41) is 0. The SMILES string of the molecule is CC(=O)OCCCOC(C)=O.CC(=O)OCCOC(C)=O. The number of carbonyl (C=O) groups excluding carboxylic acids is 4. The quantitative estimate of drug-likeness (QED) is 0.383. The first-order valence-electron chi connectivity index (χ1n) is 6.29. The van der Waals surface area contributed by atoms with Crippen LogP contribution < -0.4 is 0 Å². The third-order valence-electron chi connectivity index (χ3n) is 1.59. The van der Waals surface area contributed by atoms with Gasteiger partial charge in [-0.1, -0.05) is 0 Å². The Kier molecular flexibility index (Phi) is 14.4. The smallest absolute Gasteiger partial charge is 0.302 e. The molecule has 0 aliphatic rings. The standard InChI is InChI=1S/C7H12O4.C6H10O4/c1-6(8)10-4-3-5-11-7(2)9;1-5(7)9-3-4-10-6(2)8/h3-5H2,1-2H3;3-4H2,1-2H3. The van der Waals surface area contributed by atoms with E-state index in [0.29, 0.717) is 19.6 Å². The highest BCUT2D eigenvalue weighted by atomic mass is 16.6. The van der Waals surface area contributed by atoms with Crippen LogP contribution in [0.5, 0.6) is 0 Å². The molecule has 0 saturated heterocycles. The van der Waals surface area contributed by atoms with Crippen molar-refractivity contribution in [2.75, 3.05) is 26.4 Å². The van der Waals surface area contributed by atoms with Crippen molar-refractivity contribution in [3.05, 3.63) is 0 Å². The van der Waals surface area contributed by atoms with Crippen LogP contribution in [0.3, 0.4) is 0 Å². The molecule has 0 N–H and O–H groups in total. The lowest BCUT2D eigenvalue weighted by atomic mass is 10.5. The van der Waals surface area contributed by atoms with Crippen molar-refractivity contribution in [3.8, 4) is 0 Å². The number of hydrogen-bond acceptors (Lipinski definition) is 8. The summed E-state index contributed by atoms with van der Waals surface area (Å²) in [4.78, 5) is 40.7. The number of ether oxygens (including phenoxy) is 4. The van der Waals surface area contributed by atoms with Crippen LogP contribution in [0.4, 0.5) is 0 Å². The molecule has 0 bridgehead atoms. The Hall–Kier alpha value is -2.12. The molecule has 0 unspecified atom stereocenters. The third-order valence-corrected chi connectivity index (χ3v) is 1.59. The zero-order valence-corrected chi connectivity index (χ0v) is 12.8. The molecule has 8 nitrogen and oxygen atoms in total. The van der Waals surface area contributed by atoms with Crippen LogP contribution in [-0.4, -0.2) is 50.3 Å². The second-order valence-corrected chi connectivity index (χ2v) is 3.71. The second-order valence-electron chi connectivity index (χ2n) is 3.71. The zero-order valence-electron chi connectivity index (χ0n) is 12.8. The first-order valence-corrected chi connectivity index (χ1v) is 6.29. The minimum atomic E-state index is -0.368. The van der Waals surface area contributed by atoms with E-state index in [0.717, 1.165) is 0 Å². The highest BCUT2D eigenvalue weighted by Gasteiger charge is 1.95. The van der Waals surface area contributed by atoms with Gasteiger partial charge in [-0.3, -0.25) is 19.2 Å². The fourth-order valence-electron chi connectivity index (χ4n) is 0.862. The van der Waals surface area contributed by atoms with Gasteiger partial charge in [-0.05, 0) is 0 Å². The zero-order chi connectivity index (χ0) is 16.7. The van der Waals surface area contributed by atoms with Crippen molar-refractivity contribution in [3.63, 3.8) is 0 Å². The van der Waals surface area contributed by atoms with Gasteiger partial charge in [0.15, 0.2) is 0 Å². The molecule has 0 radical (unpaired) electrons. The van der Waals surface area contributed by atoms with Gasteiger partial charge in [0.25, 0.3) is 0 Å². The topological polar surface area (TPSA) is 105 Å². The lowest BCUT2D eigenvalue weighted by Gasteiger charge is -2.01. The summed E-state index contributed by atoms with van der Waals surface area (Å²) in [6.45, 7) is 6.16. The lowest BCUT2D eigenvalue weighted by molar-refractivity contribution is -0.149. The maximum absolute atomic E-state index is 10.2. The van der Waals surface area contributed by atoms with Gasteiger partial charge in [-0.15, -0.1) is 0 Å². The van der Waals surface area contributed by atoms with Crippen LogP contribution in [-0.2, 0) is 38.1 Å². The molecule has 0 aromatic heterocycles. The Bertz CT molecular complexity index is 305. The number of esters is 4. The Balaban J connectivity index is 0. The summed E-state index contributed by atoms with van der Waals surface area (Å²) >= 11 is 0. The average molecular weight is 306 g/mol. The van der Waals surface area contributed by atoms with Gasteiger partial charge in [0, 0.05) is 34.1 Å². The van der Waals surface area contributed by atoms with E-state index in [4.69, 9.17) is 0 Å². The number of carbonyl (C=O) groups is 4. The van der Waals surface area contributed by atoms with Gasteiger partial charge >= 0.3 is 23.9 Å². The molecule has 0 aromatic carbocycles. The first kappa shape index (κ1) is 21.2. The maximum atomic E-state index is 10.2. The predicted molar refractivity (Wildman–Crippen MR) is 71.1 cm³/mol. The van der Waals surface area contributed by atoms with Crippen LogP contribution >= 0.6 is 0 Å². The molecule has 0 heterocycles. The molecular weight excluding hydrogens is 284 g/mol. The second kappa shape index (κ2) is 14.3. The summed E-state index contributed by atoms with van der Waals surface area (Å²) in [7, 11) is 0. The van der Waals surface area contributed by atoms with E-state index in [1.54, 1.807) is 0 Å². The first-order chi connectivity index (χ1) is 9.75. The van der Waals surface area contributed by atoms with Gasteiger partial charge in [-0.2, -0.15) is 0 Å². The maximum Gasteiger partial charge on any atom is 0.302 e. The lowest BCUT2D eigenvalue weighted by Crippen LogP contribution is -2.09. The monoisotopic (exact) mass is 306 g/mol. The minimum Gasteiger partial charge on any atom is -0.466 e. The Morgan fingerprint density at radius 1 is 0.524 bits per heavy atom. The van der Waals surface area contributed by atoms with Crippen LogP contribution in [0, 0.1) is 0 Å². The Morgan fingerprint density at radius 3 is 1.00 bits per heavy atom. The molecule has 8 heteroatoms. The summed E-state index contributed by atoms with van der Waals surface area (Å²) in [6, 6.07) is 0. The Labute approximate surface area is 123 Å². The van der Waals surface area contributed by atoms with E-state index in [-0.39, 0.29) is 37.1 Å². The molecule has 0 aliphatic carbocycles. The average Bonchev–Trinajstić information content (AvgIpc) is 2.34. The fourth-order valence-corrected chi connectivity index (χ4v) is 0.862. The predicted octanol–water partition coefficient (Wildman–Crippen LogP) is 0.615. The van der Waals surface area contributed by atoms with Gasteiger partial charge in [0.2, 0.25) is 0 Å². The molecule has 0 atom stereocenters. The van der Waals surface area contributed by atoms with Crippen molar-refractivity contribution in [2.45, 2.75) is 34.1 Å². The van der Waals surface area contributed by atoms with Gasteiger partial charge in [-0.25, -0.2) is 0 Å². The largest absolute Gasteiger partial charge is 0.466 e. The Morgan fingerprint density at radius 2 is 0.762 bits per heavy atom. The summed E-state index contributed by atoms with van der Waals surface area (Å²) < 4.78 is 18.1. The van der Waals surface area contributed by atoms with Crippen molar-refractivity contribution < 1.29 is 38.1 Å². The number of hydrogen-bond donors (Lipinski definition) is 0. The van der Waals surface area contributed by atoms with Crippen LogP contribution in [0.2, 0.25) is 0 Å². The molecule has 0 aliphatic heterocycles. The van der Waals surface area contributed by atoms with E-state index in [2.05, 4.69) is 18.9 Å². The van der Waals surface area contributed by atoms with E-state index in [1.165, 1.54) is 27.7 Å². The van der Waals surface area contributed by atoms with Crippen LogP contribution in [0.15, 0.2) is 0 Å². The molecule has 122 valence electrons. The molecule has 0 amide bonds. The highest BCUT2D eigenvalue weighted by molar-refractivity contribution is 5.67. The molecule has 0 fully saturated rings. The van der Waals surface area contributed by atoms with Crippen LogP contribution in [0.25, 0.3) is 0 Å². The van der Waals surface area contributed by atoms with Crippen molar-refractivity contribution >= 4 is 23.9 Å². The fraction of sp³-hybridized carbons (Fsp3) is 0.692. The summed E-state index contributed by atoms with van der Waals surface area (Å²) in [5.74, 6) is -1.36. The summed E-state index contributed by atoms with van der Waals surface area (Å²) in [5.41, 5.74) is 0. The number of rotatable bonds is 7. The van der Waals surface area contributed by atoms with Crippen LogP contribution in [0.1, 0.15) is 34.1 Å². The van der Waals surface area contributed by atoms with Gasteiger partial charge in [0.05, 0.1) is 13.2 Å². The van der Waals surface area contributed by atoms with Gasteiger partial charge in [0.1, 0.15) is 13.2 Å². The van der Waals surface area contributed by atoms with Gasteiger partial charge < -0.3 is 18.9 Å². The normalized spacial score (nSPS) is 8.76.